The van der Waals surface area contributed by atoms with E-state index in [-0.39, 0.29) is 11.4 Å². The van der Waals surface area contributed by atoms with Gasteiger partial charge in [0.15, 0.2) is 0 Å². The molecular weight excluding hydrogens is 288 g/mol. The van der Waals surface area contributed by atoms with E-state index in [1.165, 1.54) is 6.08 Å². The van der Waals surface area contributed by atoms with Crippen LogP contribution in [-0.4, -0.2) is 23.2 Å². The molecule has 0 spiro atoms. The summed E-state index contributed by atoms with van der Waals surface area (Å²) < 4.78 is 4.92. The van der Waals surface area contributed by atoms with Crippen LogP contribution in [0.1, 0.15) is 6.92 Å². The molecule has 0 atom stereocenters. The second-order valence-corrected chi connectivity index (χ2v) is 4.01. The number of ether oxygens (including phenoxy) is 1. The quantitative estimate of drug-likeness (QED) is 0.443. The summed E-state index contributed by atoms with van der Waals surface area (Å²) >= 11 is 6.71. The minimum Gasteiger partial charge on any atom is -0.462 e. The largest absolute Gasteiger partial charge is 0.462 e. The van der Waals surface area contributed by atoms with Gasteiger partial charge in [0.2, 0.25) is 0 Å². The van der Waals surface area contributed by atoms with Crippen LogP contribution in [0.5, 0.6) is 0 Å². The van der Waals surface area contributed by atoms with Gasteiger partial charge in [-0.3, -0.25) is 0 Å². The third-order valence-electron chi connectivity index (χ3n) is 1.37. The summed E-state index contributed by atoms with van der Waals surface area (Å²) in [6.45, 7) is 5.73. The lowest BCUT2D eigenvalue weighted by Crippen LogP contribution is -2.28. The van der Waals surface area contributed by atoms with Crippen LogP contribution < -0.4 is 0 Å². The molecule has 2 nitrogen and oxygen atoms in total. The molecule has 0 bridgehead atoms. The van der Waals surface area contributed by atoms with Crippen molar-refractivity contribution >= 4 is 37.8 Å². The first-order chi connectivity index (χ1) is 5.58. The molecule has 0 rings (SSSR count). The molecule has 0 aromatic carbocycles. The van der Waals surface area contributed by atoms with Gasteiger partial charge in [-0.1, -0.05) is 45.4 Å². The topological polar surface area (TPSA) is 26.3 Å². The van der Waals surface area contributed by atoms with Crippen molar-refractivity contribution in [2.45, 2.75) is 6.92 Å². The summed E-state index contributed by atoms with van der Waals surface area (Å²) in [5, 5.41) is 1.57. The molecule has 12 heavy (non-hydrogen) atoms. The predicted molar refractivity (Wildman–Crippen MR) is 56.9 cm³/mol. The standard InChI is InChI=1S/C8H12Br2O2/c1-3-7(11)12-6-8(2,4-9)5-10/h3H,1,4-6H2,2H3. The number of carbonyl (C=O) groups is 1. The van der Waals surface area contributed by atoms with Crippen LogP contribution >= 0.6 is 31.9 Å². The Kier molecular flexibility index (Phi) is 5.84. The molecule has 0 aromatic heterocycles. The number of carbonyl (C=O) groups excluding carboxylic acids is 1. The second-order valence-electron chi connectivity index (χ2n) is 2.89. The van der Waals surface area contributed by atoms with Gasteiger partial charge < -0.3 is 4.74 Å². The molecule has 0 aliphatic heterocycles. The van der Waals surface area contributed by atoms with E-state index in [2.05, 4.69) is 38.4 Å². The van der Waals surface area contributed by atoms with Crippen LogP contribution in [0.4, 0.5) is 0 Å². The molecular formula is C8H12Br2O2. The Bertz CT molecular complexity index is 164. The molecule has 0 aromatic rings. The summed E-state index contributed by atoms with van der Waals surface area (Å²) in [4.78, 5) is 10.7. The van der Waals surface area contributed by atoms with E-state index in [1.54, 1.807) is 0 Å². The van der Waals surface area contributed by atoms with Gasteiger partial charge in [-0.15, -0.1) is 0 Å². The Morgan fingerprint density at radius 2 is 2.08 bits per heavy atom. The van der Waals surface area contributed by atoms with Crippen molar-refractivity contribution in [2.75, 3.05) is 17.3 Å². The van der Waals surface area contributed by atoms with Gasteiger partial charge in [0.25, 0.3) is 0 Å². The van der Waals surface area contributed by atoms with Gasteiger partial charge in [-0.25, -0.2) is 4.79 Å². The lowest BCUT2D eigenvalue weighted by Gasteiger charge is -2.23. The van der Waals surface area contributed by atoms with Crippen molar-refractivity contribution in [3.8, 4) is 0 Å². The van der Waals surface area contributed by atoms with Gasteiger partial charge in [-0.2, -0.15) is 0 Å². The van der Waals surface area contributed by atoms with Gasteiger partial charge in [-0.05, 0) is 0 Å². The Morgan fingerprint density at radius 3 is 2.42 bits per heavy atom. The zero-order valence-electron chi connectivity index (χ0n) is 6.98. The molecule has 0 unspecified atom stereocenters. The average Bonchev–Trinajstić information content (AvgIpc) is 2.13. The first-order valence-electron chi connectivity index (χ1n) is 3.49. The zero-order chi connectivity index (χ0) is 9.61. The van der Waals surface area contributed by atoms with E-state index < -0.39 is 0 Å². The van der Waals surface area contributed by atoms with Crippen molar-refractivity contribution in [1.29, 1.82) is 0 Å². The molecule has 0 N–H and O–H groups in total. The second kappa shape index (κ2) is 5.75. The highest BCUT2D eigenvalue weighted by molar-refractivity contribution is 9.09. The van der Waals surface area contributed by atoms with Crippen molar-refractivity contribution in [2.24, 2.45) is 5.41 Å². The zero-order valence-corrected chi connectivity index (χ0v) is 10.2. The van der Waals surface area contributed by atoms with Crippen molar-refractivity contribution in [1.82, 2.24) is 0 Å². The monoisotopic (exact) mass is 298 g/mol. The minimum absolute atomic E-state index is 0.0430. The normalized spacial score (nSPS) is 10.9. The van der Waals surface area contributed by atoms with E-state index in [9.17, 15) is 4.79 Å². The molecule has 0 saturated heterocycles. The molecule has 0 fully saturated rings. The third-order valence-corrected chi connectivity index (χ3v) is 4.08. The molecule has 70 valence electrons. The van der Waals surface area contributed by atoms with Crippen LogP contribution in [0.2, 0.25) is 0 Å². The van der Waals surface area contributed by atoms with Gasteiger partial charge in [0.05, 0.1) is 6.61 Å². The molecule has 0 aliphatic rings. The van der Waals surface area contributed by atoms with Gasteiger partial charge >= 0.3 is 5.97 Å². The first kappa shape index (κ1) is 12.2. The Hall–Kier alpha value is 0.170. The summed E-state index contributed by atoms with van der Waals surface area (Å²) in [6.07, 6.45) is 1.17. The van der Waals surface area contributed by atoms with Crippen molar-refractivity contribution in [3.05, 3.63) is 12.7 Å². The summed E-state index contributed by atoms with van der Waals surface area (Å²) in [5.74, 6) is -0.372. The maximum Gasteiger partial charge on any atom is 0.330 e. The highest BCUT2D eigenvalue weighted by atomic mass is 79.9. The lowest BCUT2D eigenvalue weighted by molar-refractivity contribution is -0.140. The molecule has 0 saturated carbocycles. The van der Waals surface area contributed by atoms with Crippen LogP contribution in [-0.2, 0) is 9.53 Å². The molecule has 0 aliphatic carbocycles. The van der Waals surface area contributed by atoms with Gasteiger partial charge in [0, 0.05) is 22.2 Å². The lowest BCUT2D eigenvalue weighted by atomic mass is 9.98. The predicted octanol–water partition coefficient (Wildman–Crippen LogP) is 2.51. The summed E-state index contributed by atoms with van der Waals surface area (Å²) in [5.41, 5.74) is -0.0430. The Balaban J connectivity index is 3.88. The van der Waals surface area contributed by atoms with Crippen molar-refractivity contribution < 1.29 is 9.53 Å². The van der Waals surface area contributed by atoms with E-state index in [0.717, 1.165) is 10.7 Å². The summed E-state index contributed by atoms with van der Waals surface area (Å²) in [7, 11) is 0. The van der Waals surface area contributed by atoms with Gasteiger partial charge in [0.1, 0.15) is 0 Å². The van der Waals surface area contributed by atoms with Crippen LogP contribution in [0.3, 0.4) is 0 Å². The summed E-state index contributed by atoms with van der Waals surface area (Å²) in [6, 6.07) is 0. The van der Waals surface area contributed by atoms with E-state index in [4.69, 9.17) is 4.74 Å². The number of hydrogen-bond acceptors (Lipinski definition) is 2. The molecule has 0 heterocycles. The number of halogens is 2. The number of alkyl halides is 2. The number of esters is 1. The minimum atomic E-state index is -0.372. The third kappa shape index (κ3) is 4.26. The van der Waals surface area contributed by atoms with Crippen molar-refractivity contribution in [3.63, 3.8) is 0 Å². The highest BCUT2D eigenvalue weighted by Crippen LogP contribution is 2.22. The van der Waals surface area contributed by atoms with Crippen LogP contribution in [0, 0.1) is 5.41 Å². The Labute approximate surface area is 89.6 Å². The fraction of sp³-hybridized carbons (Fsp3) is 0.625. The molecule has 0 amide bonds. The fourth-order valence-electron chi connectivity index (χ4n) is 0.417. The fourth-order valence-corrected chi connectivity index (χ4v) is 1.67. The van der Waals surface area contributed by atoms with Crippen LogP contribution in [0.15, 0.2) is 12.7 Å². The number of rotatable bonds is 5. The molecule has 4 heteroatoms. The van der Waals surface area contributed by atoms with Crippen LogP contribution in [0.25, 0.3) is 0 Å². The van der Waals surface area contributed by atoms with E-state index in [0.29, 0.717) is 6.61 Å². The Morgan fingerprint density at radius 1 is 1.58 bits per heavy atom. The smallest absolute Gasteiger partial charge is 0.330 e. The SMILES string of the molecule is C=CC(=O)OCC(C)(CBr)CBr. The van der Waals surface area contributed by atoms with E-state index >= 15 is 0 Å². The maximum atomic E-state index is 10.7. The maximum absolute atomic E-state index is 10.7. The van der Waals surface area contributed by atoms with E-state index in [1.807, 2.05) is 6.92 Å². The number of hydrogen-bond donors (Lipinski definition) is 0. The molecule has 0 radical (unpaired) electrons. The highest BCUT2D eigenvalue weighted by Gasteiger charge is 2.23. The first-order valence-corrected chi connectivity index (χ1v) is 5.73. The average molecular weight is 300 g/mol.